The van der Waals surface area contributed by atoms with Crippen molar-refractivity contribution in [2.75, 3.05) is 40.4 Å². The molecule has 0 heterocycles. The first-order chi connectivity index (χ1) is 9.65. The van der Waals surface area contributed by atoms with Crippen molar-refractivity contribution in [2.24, 2.45) is 5.73 Å². The van der Waals surface area contributed by atoms with E-state index in [9.17, 15) is 4.79 Å². The van der Waals surface area contributed by atoms with Gasteiger partial charge < -0.3 is 20.7 Å². The van der Waals surface area contributed by atoms with E-state index in [1.807, 2.05) is 37.4 Å². The van der Waals surface area contributed by atoms with Crippen LogP contribution in [-0.2, 0) is 9.53 Å². The van der Waals surface area contributed by atoms with Gasteiger partial charge in [0.1, 0.15) is 6.04 Å². The van der Waals surface area contributed by atoms with Gasteiger partial charge in [0.25, 0.3) is 0 Å². The summed E-state index contributed by atoms with van der Waals surface area (Å²) in [5.74, 6) is -0.138. The molecule has 3 N–H and O–H groups in total. The lowest BCUT2D eigenvalue weighted by atomic mass is 10.1. The maximum absolute atomic E-state index is 11.9. The summed E-state index contributed by atoms with van der Waals surface area (Å²) < 4.78 is 5.00. The maximum Gasteiger partial charge on any atom is 0.241 e. The molecule has 0 aliphatic rings. The second-order valence-corrected chi connectivity index (χ2v) is 4.83. The lowest BCUT2D eigenvalue weighted by Crippen LogP contribution is -2.38. The van der Waals surface area contributed by atoms with E-state index in [2.05, 4.69) is 10.2 Å². The van der Waals surface area contributed by atoms with Crippen LogP contribution in [0.4, 0.5) is 0 Å². The van der Waals surface area contributed by atoms with E-state index < -0.39 is 6.04 Å². The van der Waals surface area contributed by atoms with Gasteiger partial charge >= 0.3 is 0 Å². The Hall–Kier alpha value is -0.850. The minimum absolute atomic E-state index is 0. The summed E-state index contributed by atoms with van der Waals surface area (Å²) in [7, 11) is 3.73. The molecule has 0 fully saturated rings. The highest BCUT2D eigenvalue weighted by Crippen LogP contribution is 2.08. The number of nitrogens with one attached hydrogen (secondary N) is 1. The van der Waals surface area contributed by atoms with Crippen molar-refractivity contribution in [3.05, 3.63) is 35.9 Å². The molecule has 0 aliphatic carbocycles. The SMILES string of the molecule is COCCCN(C)CCNC(=O)C(N)c1ccccc1.Cl.Cl. The van der Waals surface area contributed by atoms with Gasteiger partial charge in [-0.2, -0.15) is 0 Å². The first-order valence-electron chi connectivity index (χ1n) is 6.91. The van der Waals surface area contributed by atoms with E-state index in [0.29, 0.717) is 6.54 Å². The van der Waals surface area contributed by atoms with Crippen molar-refractivity contribution in [3.8, 4) is 0 Å². The number of rotatable bonds is 9. The molecule has 1 amide bonds. The molecule has 1 unspecified atom stereocenters. The number of nitrogens with two attached hydrogens (primary N) is 1. The summed E-state index contributed by atoms with van der Waals surface area (Å²) in [6.07, 6.45) is 0.991. The zero-order valence-electron chi connectivity index (χ0n) is 13.2. The van der Waals surface area contributed by atoms with Gasteiger partial charge in [-0.1, -0.05) is 30.3 Å². The quantitative estimate of drug-likeness (QED) is 0.663. The van der Waals surface area contributed by atoms with Gasteiger partial charge in [-0.05, 0) is 19.0 Å². The fourth-order valence-electron chi connectivity index (χ4n) is 1.88. The van der Waals surface area contributed by atoms with Crippen LogP contribution in [-0.4, -0.2) is 51.2 Å². The number of carbonyl (C=O) groups is 1. The molecule has 0 aliphatic heterocycles. The summed E-state index contributed by atoms with van der Waals surface area (Å²) in [6.45, 7) is 3.11. The first-order valence-corrected chi connectivity index (χ1v) is 6.91. The van der Waals surface area contributed by atoms with Gasteiger partial charge in [-0.25, -0.2) is 0 Å². The highest BCUT2D eigenvalue weighted by molar-refractivity contribution is 5.85. The van der Waals surface area contributed by atoms with Crippen LogP contribution in [0.1, 0.15) is 18.0 Å². The van der Waals surface area contributed by atoms with Crippen LogP contribution < -0.4 is 11.1 Å². The van der Waals surface area contributed by atoms with E-state index >= 15 is 0 Å². The molecule has 5 nitrogen and oxygen atoms in total. The zero-order chi connectivity index (χ0) is 14.8. The highest BCUT2D eigenvalue weighted by atomic mass is 35.5. The van der Waals surface area contributed by atoms with E-state index in [-0.39, 0.29) is 30.7 Å². The van der Waals surface area contributed by atoms with Crippen molar-refractivity contribution >= 4 is 30.7 Å². The Morgan fingerprint density at radius 2 is 1.91 bits per heavy atom. The summed E-state index contributed by atoms with van der Waals surface area (Å²) in [6, 6.07) is 8.79. The Morgan fingerprint density at radius 1 is 1.27 bits per heavy atom. The fourth-order valence-corrected chi connectivity index (χ4v) is 1.88. The molecule has 0 saturated carbocycles. The average Bonchev–Trinajstić information content (AvgIpc) is 2.47. The molecule has 1 rings (SSSR count). The van der Waals surface area contributed by atoms with E-state index in [1.165, 1.54) is 0 Å². The standard InChI is InChI=1S/C15H25N3O2.2ClH/c1-18(10-6-12-20-2)11-9-17-15(19)14(16)13-7-4-3-5-8-13;;/h3-5,7-8,14H,6,9-12,16H2,1-2H3,(H,17,19);2*1H. The minimum Gasteiger partial charge on any atom is -0.385 e. The Kier molecular flexibility index (Phi) is 14.7. The third kappa shape index (κ3) is 9.23. The maximum atomic E-state index is 11.9. The number of nitrogens with zero attached hydrogens (tertiary/aromatic N) is 1. The van der Waals surface area contributed by atoms with Crippen LogP contribution in [0.5, 0.6) is 0 Å². The molecular weight excluding hydrogens is 325 g/mol. The molecule has 0 saturated heterocycles. The van der Waals surface area contributed by atoms with Crippen LogP contribution in [0.25, 0.3) is 0 Å². The van der Waals surface area contributed by atoms with Crippen LogP contribution >= 0.6 is 24.8 Å². The Labute approximate surface area is 145 Å². The van der Waals surface area contributed by atoms with Crippen LogP contribution in [0.2, 0.25) is 0 Å². The van der Waals surface area contributed by atoms with Gasteiger partial charge in [0.05, 0.1) is 0 Å². The van der Waals surface area contributed by atoms with Crippen LogP contribution in [0.3, 0.4) is 0 Å². The number of carbonyl (C=O) groups excluding carboxylic acids is 1. The van der Waals surface area contributed by atoms with Crippen LogP contribution in [0, 0.1) is 0 Å². The van der Waals surface area contributed by atoms with Gasteiger partial charge in [0.2, 0.25) is 5.91 Å². The molecule has 1 aromatic rings. The minimum atomic E-state index is -0.602. The van der Waals surface area contributed by atoms with Crippen molar-refractivity contribution < 1.29 is 9.53 Å². The molecule has 22 heavy (non-hydrogen) atoms. The molecule has 7 heteroatoms. The molecule has 0 aromatic heterocycles. The van der Waals surface area contributed by atoms with E-state index in [0.717, 1.165) is 31.7 Å². The van der Waals surface area contributed by atoms with Gasteiger partial charge in [-0.3, -0.25) is 4.79 Å². The van der Waals surface area contributed by atoms with Crippen molar-refractivity contribution in [3.63, 3.8) is 0 Å². The number of amides is 1. The first kappa shape index (κ1) is 23.4. The third-order valence-electron chi connectivity index (χ3n) is 3.12. The number of hydrogen-bond donors (Lipinski definition) is 2. The number of ether oxygens (including phenoxy) is 1. The predicted molar refractivity (Wildman–Crippen MR) is 94.9 cm³/mol. The third-order valence-corrected chi connectivity index (χ3v) is 3.12. The second kappa shape index (κ2) is 13.8. The predicted octanol–water partition coefficient (Wildman–Crippen LogP) is 1.61. The van der Waals surface area contributed by atoms with E-state index in [4.69, 9.17) is 10.5 Å². The summed E-state index contributed by atoms with van der Waals surface area (Å²) in [5.41, 5.74) is 6.74. The monoisotopic (exact) mass is 351 g/mol. The Bertz CT molecular complexity index is 394. The lowest BCUT2D eigenvalue weighted by Gasteiger charge is -2.18. The number of methoxy groups -OCH3 is 1. The Morgan fingerprint density at radius 3 is 2.50 bits per heavy atom. The van der Waals surface area contributed by atoms with Gasteiger partial charge in [0, 0.05) is 33.4 Å². The van der Waals surface area contributed by atoms with Crippen molar-refractivity contribution in [1.82, 2.24) is 10.2 Å². The molecule has 0 bridgehead atoms. The number of benzene rings is 1. The highest BCUT2D eigenvalue weighted by Gasteiger charge is 2.14. The molecular formula is C15H27Cl2N3O2. The normalized spacial score (nSPS) is 11.3. The number of hydrogen-bond acceptors (Lipinski definition) is 4. The molecule has 1 atom stereocenters. The largest absolute Gasteiger partial charge is 0.385 e. The van der Waals surface area contributed by atoms with Gasteiger partial charge in [-0.15, -0.1) is 24.8 Å². The topological polar surface area (TPSA) is 67.6 Å². The zero-order valence-corrected chi connectivity index (χ0v) is 14.8. The van der Waals surface area contributed by atoms with Crippen molar-refractivity contribution in [1.29, 1.82) is 0 Å². The van der Waals surface area contributed by atoms with Crippen LogP contribution in [0.15, 0.2) is 30.3 Å². The summed E-state index contributed by atoms with van der Waals surface area (Å²) in [4.78, 5) is 14.1. The molecule has 128 valence electrons. The fraction of sp³-hybridized carbons (Fsp3) is 0.533. The lowest BCUT2D eigenvalue weighted by molar-refractivity contribution is -0.122. The Balaban J connectivity index is 0. The van der Waals surface area contributed by atoms with Crippen molar-refractivity contribution in [2.45, 2.75) is 12.5 Å². The smallest absolute Gasteiger partial charge is 0.241 e. The molecule has 1 aromatic carbocycles. The molecule has 0 spiro atoms. The summed E-state index contributed by atoms with van der Waals surface area (Å²) >= 11 is 0. The number of likely N-dealkylation sites (N-methyl/N-ethyl adjacent to an activating group) is 1. The van der Waals surface area contributed by atoms with E-state index in [1.54, 1.807) is 7.11 Å². The average molecular weight is 352 g/mol. The summed E-state index contributed by atoms with van der Waals surface area (Å²) in [5, 5.41) is 2.87. The number of halogens is 2. The van der Waals surface area contributed by atoms with Gasteiger partial charge in [0.15, 0.2) is 0 Å². The second-order valence-electron chi connectivity index (χ2n) is 4.83. The molecule has 0 radical (unpaired) electrons.